The summed E-state index contributed by atoms with van der Waals surface area (Å²) in [5, 5.41) is 0.985. The maximum absolute atomic E-state index is 5.51. The van der Waals surface area contributed by atoms with Crippen LogP contribution in [0.3, 0.4) is 0 Å². The Balaban J connectivity index is 1.88. The number of benzene rings is 1. The molecule has 5 nitrogen and oxygen atoms in total. The lowest BCUT2D eigenvalue weighted by atomic mass is 10.1. The van der Waals surface area contributed by atoms with Gasteiger partial charge in [0.2, 0.25) is 0 Å². The van der Waals surface area contributed by atoms with Gasteiger partial charge in [-0.2, -0.15) is 0 Å². The third-order valence-corrected chi connectivity index (χ3v) is 5.21. The number of aryl methyl sites for hydroxylation is 1. The lowest BCUT2D eigenvalue weighted by molar-refractivity contribution is 0.186. The zero-order valence-electron chi connectivity index (χ0n) is 15.1. The number of aromatic nitrogens is 3. The summed E-state index contributed by atoms with van der Waals surface area (Å²) < 4.78 is 13.0. The van der Waals surface area contributed by atoms with Gasteiger partial charge in [0.25, 0.3) is 0 Å². The first kappa shape index (κ1) is 17.8. The number of ether oxygens (including phenoxy) is 2. The fraction of sp³-hybridized carbons (Fsp3) is 0.368. The molecule has 132 valence electrons. The Bertz CT molecular complexity index is 876. The average Bonchev–Trinajstić information content (AvgIpc) is 2.97. The van der Waals surface area contributed by atoms with Crippen LogP contribution in [0.1, 0.15) is 16.8 Å². The molecule has 0 saturated heterocycles. The molecular weight excluding hydrogens is 334 g/mol. The van der Waals surface area contributed by atoms with Crippen LogP contribution in [0.4, 0.5) is 0 Å². The van der Waals surface area contributed by atoms with Gasteiger partial charge in [-0.25, -0.2) is 4.98 Å². The van der Waals surface area contributed by atoms with Gasteiger partial charge in [0.05, 0.1) is 30.4 Å². The summed E-state index contributed by atoms with van der Waals surface area (Å²) in [6.45, 7) is 5.51. The zero-order chi connectivity index (χ0) is 17.8. The van der Waals surface area contributed by atoms with E-state index in [2.05, 4.69) is 22.5 Å². The standard InChI is InChI=1S/C19H23N3O2S/c1-13-11-20-16(14(2)18(13)24-4)12-25-19-21-15-7-5-6-8-17(15)22(19)9-10-23-3/h5-8,11H,9-10,12H2,1-4H3. The summed E-state index contributed by atoms with van der Waals surface area (Å²) in [4.78, 5) is 9.37. The quantitative estimate of drug-likeness (QED) is 0.598. The van der Waals surface area contributed by atoms with Crippen molar-refractivity contribution in [3.05, 3.63) is 47.3 Å². The molecule has 0 N–H and O–H groups in total. The van der Waals surface area contributed by atoms with Crippen molar-refractivity contribution < 1.29 is 9.47 Å². The molecule has 0 aliphatic carbocycles. The number of pyridine rings is 1. The molecule has 0 bridgehead atoms. The van der Waals surface area contributed by atoms with Crippen molar-refractivity contribution in [1.82, 2.24) is 14.5 Å². The molecule has 0 radical (unpaired) electrons. The second-order valence-corrected chi connectivity index (χ2v) is 6.80. The largest absolute Gasteiger partial charge is 0.496 e. The van der Waals surface area contributed by atoms with Gasteiger partial charge in [-0.3, -0.25) is 4.98 Å². The van der Waals surface area contributed by atoms with E-state index in [-0.39, 0.29) is 0 Å². The molecule has 2 heterocycles. The van der Waals surface area contributed by atoms with Gasteiger partial charge >= 0.3 is 0 Å². The first-order chi connectivity index (χ1) is 12.2. The molecule has 3 aromatic rings. The number of rotatable bonds is 7. The first-order valence-electron chi connectivity index (χ1n) is 8.21. The predicted molar refractivity (Wildman–Crippen MR) is 101 cm³/mol. The summed E-state index contributed by atoms with van der Waals surface area (Å²) in [6.07, 6.45) is 1.87. The minimum Gasteiger partial charge on any atom is -0.496 e. The Hall–Kier alpha value is -2.05. The smallest absolute Gasteiger partial charge is 0.169 e. The van der Waals surface area contributed by atoms with Crippen molar-refractivity contribution in [1.29, 1.82) is 0 Å². The van der Waals surface area contributed by atoms with Gasteiger partial charge in [0, 0.05) is 36.7 Å². The van der Waals surface area contributed by atoms with Crippen molar-refractivity contribution in [3.8, 4) is 5.75 Å². The SMILES string of the molecule is COCCn1c(SCc2ncc(C)c(OC)c2C)nc2ccccc21. The lowest BCUT2D eigenvalue weighted by Crippen LogP contribution is -2.06. The van der Waals surface area contributed by atoms with Gasteiger partial charge in [0.15, 0.2) is 5.16 Å². The van der Waals surface area contributed by atoms with E-state index in [4.69, 9.17) is 14.5 Å². The molecule has 2 aromatic heterocycles. The molecular formula is C19H23N3O2S. The van der Waals surface area contributed by atoms with Crippen LogP contribution in [0.15, 0.2) is 35.6 Å². The summed E-state index contributed by atoms with van der Waals surface area (Å²) in [7, 11) is 3.42. The van der Waals surface area contributed by atoms with Gasteiger partial charge in [-0.05, 0) is 26.0 Å². The highest BCUT2D eigenvalue weighted by atomic mass is 32.2. The number of methoxy groups -OCH3 is 2. The maximum Gasteiger partial charge on any atom is 0.169 e. The highest BCUT2D eigenvalue weighted by molar-refractivity contribution is 7.98. The second kappa shape index (κ2) is 7.89. The molecule has 3 rings (SSSR count). The Labute approximate surface area is 152 Å². The van der Waals surface area contributed by atoms with Gasteiger partial charge in [-0.15, -0.1) is 0 Å². The van der Waals surface area contributed by atoms with E-state index >= 15 is 0 Å². The third kappa shape index (κ3) is 3.65. The molecule has 0 unspecified atom stereocenters. The third-order valence-electron chi connectivity index (χ3n) is 4.23. The molecule has 25 heavy (non-hydrogen) atoms. The average molecular weight is 357 g/mol. The summed E-state index contributed by atoms with van der Waals surface area (Å²) in [5.74, 6) is 1.66. The number of para-hydroxylation sites is 2. The highest BCUT2D eigenvalue weighted by Gasteiger charge is 2.14. The number of thioether (sulfide) groups is 1. The molecule has 6 heteroatoms. The Morgan fingerprint density at radius 3 is 2.72 bits per heavy atom. The minimum absolute atomic E-state index is 0.656. The fourth-order valence-corrected chi connectivity index (χ4v) is 3.98. The lowest BCUT2D eigenvalue weighted by Gasteiger charge is -2.12. The van der Waals surface area contributed by atoms with Crippen LogP contribution >= 0.6 is 11.8 Å². The maximum atomic E-state index is 5.51. The number of hydrogen-bond donors (Lipinski definition) is 0. The van der Waals surface area contributed by atoms with Crippen molar-refractivity contribution in [2.75, 3.05) is 20.8 Å². The van der Waals surface area contributed by atoms with Crippen molar-refractivity contribution in [2.24, 2.45) is 0 Å². The second-order valence-electron chi connectivity index (χ2n) is 5.86. The number of nitrogens with zero attached hydrogens (tertiary/aromatic N) is 3. The highest BCUT2D eigenvalue weighted by Crippen LogP contribution is 2.30. The van der Waals surface area contributed by atoms with E-state index in [1.54, 1.807) is 26.0 Å². The summed E-state index contributed by atoms with van der Waals surface area (Å²) in [6, 6.07) is 8.20. The molecule has 0 saturated carbocycles. The summed E-state index contributed by atoms with van der Waals surface area (Å²) >= 11 is 1.69. The fourth-order valence-electron chi connectivity index (χ4n) is 2.91. The number of imidazole rings is 1. The number of fused-ring (bicyclic) bond motifs is 1. The molecule has 0 spiro atoms. The van der Waals surface area contributed by atoms with Crippen LogP contribution in [0.25, 0.3) is 11.0 Å². The van der Waals surface area contributed by atoms with Crippen LogP contribution < -0.4 is 4.74 Å². The van der Waals surface area contributed by atoms with E-state index in [0.717, 1.165) is 51.1 Å². The van der Waals surface area contributed by atoms with Crippen LogP contribution in [0.2, 0.25) is 0 Å². The van der Waals surface area contributed by atoms with Crippen LogP contribution in [0.5, 0.6) is 5.75 Å². The van der Waals surface area contributed by atoms with E-state index in [1.807, 2.05) is 31.3 Å². The van der Waals surface area contributed by atoms with Crippen LogP contribution in [-0.4, -0.2) is 35.4 Å². The Morgan fingerprint density at radius 1 is 1.16 bits per heavy atom. The van der Waals surface area contributed by atoms with E-state index in [0.29, 0.717) is 6.61 Å². The van der Waals surface area contributed by atoms with Gasteiger partial charge in [0.1, 0.15) is 5.75 Å². The first-order valence-corrected chi connectivity index (χ1v) is 9.20. The van der Waals surface area contributed by atoms with Crippen molar-refractivity contribution in [3.63, 3.8) is 0 Å². The van der Waals surface area contributed by atoms with Crippen molar-refractivity contribution in [2.45, 2.75) is 31.3 Å². The minimum atomic E-state index is 0.656. The predicted octanol–water partition coefficient (Wildman–Crippen LogP) is 4.00. The van der Waals surface area contributed by atoms with Gasteiger partial charge in [-0.1, -0.05) is 23.9 Å². The zero-order valence-corrected chi connectivity index (χ0v) is 15.9. The Morgan fingerprint density at radius 2 is 1.96 bits per heavy atom. The molecule has 1 aromatic carbocycles. The normalized spacial score (nSPS) is 11.2. The monoisotopic (exact) mass is 357 g/mol. The number of hydrogen-bond acceptors (Lipinski definition) is 5. The summed E-state index contributed by atoms with van der Waals surface area (Å²) in [5.41, 5.74) is 5.31. The van der Waals surface area contributed by atoms with E-state index in [1.165, 1.54) is 0 Å². The molecule has 0 amide bonds. The molecule has 0 aliphatic rings. The van der Waals surface area contributed by atoms with Crippen molar-refractivity contribution >= 4 is 22.8 Å². The van der Waals surface area contributed by atoms with Crippen LogP contribution in [-0.2, 0) is 17.0 Å². The topological polar surface area (TPSA) is 49.2 Å². The Kier molecular flexibility index (Phi) is 5.60. The molecule has 0 aliphatic heterocycles. The van der Waals surface area contributed by atoms with Crippen LogP contribution in [0, 0.1) is 13.8 Å². The molecule has 0 fully saturated rings. The van der Waals surface area contributed by atoms with Gasteiger partial charge < -0.3 is 14.0 Å². The molecule has 0 atom stereocenters. The van der Waals surface area contributed by atoms with E-state index in [9.17, 15) is 0 Å². The van der Waals surface area contributed by atoms with E-state index < -0.39 is 0 Å².